The first-order valence-electron chi connectivity index (χ1n) is 9.35. The van der Waals surface area contributed by atoms with Crippen LogP contribution >= 0.6 is 0 Å². The molecule has 1 unspecified atom stereocenters. The Morgan fingerprint density at radius 2 is 1.81 bits per heavy atom. The van der Waals surface area contributed by atoms with Crippen molar-refractivity contribution >= 4 is 15.9 Å². The van der Waals surface area contributed by atoms with E-state index in [1.165, 1.54) is 32.4 Å². The molecule has 0 aliphatic heterocycles. The lowest BCUT2D eigenvalue weighted by molar-refractivity contribution is 0.0940. The number of carbonyl (C=O) groups is 1. The second kappa shape index (κ2) is 9.19. The Morgan fingerprint density at radius 3 is 2.42 bits per heavy atom. The van der Waals surface area contributed by atoms with E-state index < -0.39 is 22.0 Å². The number of methoxy groups -OCH3 is 2. The standard InChI is InChI=1S/C21H24N4O5S/c1-22-31(27,28)18-13-14(9-10-17(18)30-4)21(26)24-19(20-23-11-12-25(20)2)15-7-5-6-8-16(15)29-3/h5-13,19,22H,1-4H3,(H,24,26). The number of aromatic nitrogens is 2. The molecule has 0 saturated carbocycles. The summed E-state index contributed by atoms with van der Waals surface area (Å²) < 4.78 is 39.4. The Bertz CT molecular complexity index is 1190. The minimum Gasteiger partial charge on any atom is -0.496 e. The fourth-order valence-corrected chi connectivity index (χ4v) is 4.11. The van der Waals surface area contributed by atoms with Gasteiger partial charge in [-0.1, -0.05) is 18.2 Å². The molecule has 0 saturated heterocycles. The predicted octanol–water partition coefficient (Wildman–Crippen LogP) is 1.86. The second-order valence-electron chi connectivity index (χ2n) is 6.62. The molecule has 164 valence electrons. The van der Waals surface area contributed by atoms with Crippen LogP contribution in [0.3, 0.4) is 0 Å². The number of para-hydroxylation sites is 1. The monoisotopic (exact) mass is 444 g/mol. The van der Waals surface area contributed by atoms with Crippen LogP contribution in [0.15, 0.2) is 59.8 Å². The van der Waals surface area contributed by atoms with E-state index in [-0.39, 0.29) is 16.2 Å². The van der Waals surface area contributed by atoms with Crippen molar-refractivity contribution in [3.63, 3.8) is 0 Å². The summed E-state index contributed by atoms with van der Waals surface area (Å²) in [4.78, 5) is 17.4. The highest BCUT2D eigenvalue weighted by molar-refractivity contribution is 7.89. The molecule has 3 rings (SSSR count). The van der Waals surface area contributed by atoms with Crippen molar-refractivity contribution in [2.24, 2.45) is 7.05 Å². The summed E-state index contributed by atoms with van der Waals surface area (Å²) in [6, 6.07) is 10.9. The lowest BCUT2D eigenvalue weighted by Gasteiger charge is -2.21. The number of rotatable bonds is 8. The van der Waals surface area contributed by atoms with Crippen LogP contribution in [0.25, 0.3) is 0 Å². The van der Waals surface area contributed by atoms with E-state index in [0.717, 1.165) is 0 Å². The molecule has 0 spiro atoms. The number of amides is 1. The average molecular weight is 445 g/mol. The molecule has 10 heteroatoms. The van der Waals surface area contributed by atoms with Crippen LogP contribution in [0.4, 0.5) is 0 Å². The van der Waals surface area contributed by atoms with Crippen LogP contribution in [0.1, 0.15) is 27.8 Å². The highest BCUT2D eigenvalue weighted by atomic mass is 32.2. The molecule has 0 fully saturated rings. The van der Waals surface area contributed by atoms with Crippen LogP contribution in [-0.2, 0) is 17.1 Å². The summed E-state index contributed by atoms with van der Waals surface area (Å²) in [7, 11) is 2.20. The van der Waals surface area contributed by atoms with Crippen LogP contribution in [0.5, 0.6) is 11.5 Å². The Kier molecular flexibility index (Phi) is 6.62. The van der Waals surface area contributed by atoms with E-state index >= 15 is 0 Å². The molecule has 0 aliphatic rings. The second-order valence-corrected chi connectivity index (χ2v) is 8.47. The van der Waals surface area contributed by atoms with Gasteiger partial charge in [-0.25, -0.2) is 18.1 Å². The normalized spacial score (nSPS) is 12.3. The molecule has 1 amide bonds. The van der Waals surface area contributed by atoms with E-state index in [0.29, 0.717) is 17.1 Å². The number of ether oxygens (including phenoxy) is 2. The predicted molar refractivity (Wildman–Crippen MR) is 115 cm³/mol. The van der Waals surface area contributed by atoms with Gasteiger partial charge in [-0.15, -0.1) is 0 Å². The maximum absolute atomic E-state index is 13.2. The summed E-state index contributed by atoms with van der Waals surface area (Å²) in [5.41, 5.74) is 0.868. The summed E-state index contributed by atoms with van der Waals surface area (Å²) >= 11 is 0. The third kappa shape index (κ3) is 4.54. The van der Waals surface area contributed by atoms with E-state index in [1.807, 2.05) is 25.2 Å². The minimum absolute atomic E-state index is 0.129. The maximum Gasteiger partial charge on any atom is 0.252 e. The van der Waals surface area contributed by atoms with Gasteiger partial charge in [0, 0.05) is 30.6 Å². The van der Waals surface area contributed by atoms with Crippen molar-refractivity contribution in [3.05, 3.63) is 71.8 Å². The zero-order valence-electron chi connectivity index (χ0n) is 17.6. The lowest BCUT2D eigenvalue weighted by Crippen LogP contribution is -2.31. The number of hydrogen-bond donors (Lipinski definition) is 2. The van der Waals surface area contributed by atoms with Gasteiger partial charge in [-0.2, -0.15) is 0 Å². The van der Waals surface area contributed by atoms with Gasteiger partial charge in [0.15, 0.2) is 0 Å². The van der Waals surface area contributed by atoms with Crippen molar-refractivity contribution in [1.29, 1.82) is 0 Å². The summed E-state index contributed by atoms with van der Waals surface area (Å²) in [6.07, 6.45) is 3.41. The van der Waals surface area contributed by atoms with Crippen molar-refractivity contribution in [1.82, 2.24) is 19.6 Å². The van der Waals surface area contributed by atoms with Gasteiger partial charge in [0.2, 0.25) is 10.0 Å². The van der Waals surface area contributed by atoms with Crippen LogP contribution in [-0.4, -0.2) is 45.1 Å². The molecular weight excluding hydrogens is 420 g/mol. The average Bonchev–Trinajstić information content (AvgIpc) is 3.22. The quantitative estimate of drug-likeness (QED) is 0.549. The SMILES string of the molecule is CNS(=O)(=O)c1cc(C(=O)NC(c2ccccc2OC)c2nccn2C)ccc1OC. The van der Waals surface area contributed by atoms with Gasteiger partial charge in [0.1, 0.15) is 28.3 Å². The Hall–Kier alpha value is -3.37. The highest BCUT2D eigenvalue weighted by Gasteiger charge is 2.26. The summed E-state index contributed by atoms with van der Waals surface area (Å²) in [6.45, 7) is 0. The van der Waals surface area contributed by atoms with Crippen molar-refractivity contribution in [2.75, 3.05) is 21.3 Å². The third-order valence-corrected chi connectivity index (χ3v) is 6.26. The largest absolute Gasteiger partial charge is 0.496 e. The third-order valence-electron chi connectivity index (χ3n) is 4.83. The van der Waals surface area contributed by atoms with Gasteiger partial charge < -0.3 is 19.4 Å². The van der Waals surface area contributed by atoms with Crippen molar-refractivity contribution in [2.45, 2.75) is 10.9 Å². The fraction of sp³-hybridized carbons (Fsp3) is 0.238. The number of nitrogens with zero attached hydrogens (tertiary/aromatic N) is 2. The van der Waals surface area contributed by atoms with E-state index in [2.05, 4.69) is 15.0 Å². The molecule has 0 aliphatic carbocycles. The van der Waals surface area contributed by atoms with Gasteiger partial charge in [0.25, 0.3) is 5.91 Å². The first kappa shape index (κ1) is 22.3. The molecule has 2 aromatic carbocycles. The van der Waals surface area contributed by atoms with Gasteiger partial charge in [-0.05, 0) is 31.3 Å². The molecule has 2 N–H and O–H groups in total. The Labute approximate surface area is 181 Å². The van der Waals surface area contributed by atoms with E-state index in [9.17, 15) is 13.2 Å². The molecule has 31 heavy (non-hydrogen) atoms. The molecule has 1 heterocycles. The minimum atomic E-state index is -3.83. The van der Waals surface area contributed by atoms with Crippen molar-refractivity contribution in [3.8, 4) is 11.5 Å². The van der Waals surface area contributed by atoms with Crippen LogP contribution in [0.2, 0.25) is 0 Å². The Balaban J connectivity index is 2.04. The maximum atomic E-state index is 13.2. The van der Waals surface area contributed by atoms with Gasteiger partial charge in [0.05, 0.1) is 14.2 Å². The first-order chi connectivity index (χ1) is 14.8. The summed E-state index contributed by atoms with van der Waals surface area (Å²) in [5.74, 6) is 0.837. The van der Waals surface area contributed by atoms with Gasteiger partial charge in [-0.3, -0.25) is 4.79 Å². The van der Waals surface area contributed by atoms with Gasteiger partial charge >= 0.3 is 0 Å². The molecule has 0 bridgehead atoms. The highest BCUT2D eigenvalue weighted by Crippen LogP contribution is 2.30. The molecule has 1 aromatic heterocycles. The number of sulfonamides is 1. The topological polar surface area (TPSA) is 112 Å². The van der Waals surface area contributed by atoms with E-state index in [1.54, 1.807) is 30.1 Å². The lowest BCUT2D eigenvalue weighted by atomic mass is 10.0. The van der Waals surface area contributed by atoms with E-state index in [4.69, 9.17) is 9.47 Å². The first-order valence-corrected chi connectivity index (χ1v) is 10.8. The zero-order valence-corrected chi connectivity index (χ0v) is 18.4. The fourth-order valence-electron chi connectivity index (χ4n) is 3.19. The smallest absolute Gasteiger partial charge is 0.252 e. The zero-order chi connectivity index (χ0) is 22.6. The number of aryl methyl sites for hydroxylation is 1. The summed E-state index contributed by atoms with van der Waals surface area (Å²) in [5, 5.41) is 2.94. The number of imidazole rings is 1. The molecule has 1 atom stereocenters. The molecule has 0 radical (unpaired) electrons. The number of hydrogen-bond acceptors (Lipinski definition) is 6. The van der Waals surface area contributed by atoms with Crippen LogP contribution < -0.4 is 19.5 Å². The Morgan fingerprint density at radius 1 is 1.10 bits per heavy atom. The van der Waals surface area contributed by atoms with Crippen molar-refractivity contribution < 1.29 is 22.7 Å². The number of nitrogens with one attached hydrogen (secondary N) is 2. The molecule has 9 nitrogen and oxygen atoms in total. The number of carbonyl (C=O) groups excluding carboxylic acids is 1. The molecular formula is C21H24N4O5S. The van der Waals surface area contributed by atoms with Crippen LogP contribution in [0, 0.1) is 0 Å². The molecule has 3 aromatic rings. The number of benzene rings is 2.